The molecule has 1 saturated heterocycles. The molecule has 2 rings (SSSR count). The van der Waals surface area contributed by atoms with E-state index in [2.05, 4.69) is 16.8 Å². The predicted octanol–water partition coefficient (Wildman–Crippen LogP) is 2.40. The number of halogens is 1. The van der Waals surface area contributed by atoms with Gasteiger partial charge in [-0.05, 0) is 6.42 Å². The van der Waals surface area contributed by atoms with Crippen LogP contribution in [0.3, 0.4) is 0 Å². The standard InChI is InChI=1S/C11H17ClN2OS2/c1-2-10(11-13-9(7-12)8-16-11)14-3-5-17(15)6-4-14/h8,10H,2-7H2,1H3. The van der Waals surface area contributed by atoms with E-state index in [9.17, 15) is 4.21 Å². The predicted molar refractivity (Wildman–Crippen MR) is 74.2 cm³/mol. The Labute approximate surface area is 114 Å². The summed E-state index contributed by atoms with van der Waals surface area (Å²) in [7, 11) is -0.612. The molecular weight excluding hydrogens is 276 g/mol. The lowest BCUT2D eigenvalue weighted by molar-refractivity contribution is 0.210. The molecule has 1 aromatic heterocycles. The highest BCUT2D eigenvalue weighted by molar-refractivity contribution is 7.85. The van der Waals surface area contributed by atoms with Crippen LogP contribution in [0.5, 0.6) is 0 Å². The van der Waals surface area contributed by atoms with Crippen molar-refractivity contribution in [3.63, 3.8) is 0 Å². The van der Waals surface area contributed by atoms with Gasteiger partial charge in [-0.15, -0.1) is 22.9 Å². The highest BCUT2D eigenvalue weighted by atomic mass is 35.5. The third-order valence-electron chi connectivity index (χ3n) is 3.03. The van der Waals surface area contributed by atoms with E-state index in [0.29, 0.717) is 11.9 Å². The summed E-state index contributed by atoms with van der Waals surface area (Å²) in [4.78, 5) is 6.96. The lowest BCUT2D eigenvalue weighted by Gasteiger charge is -2.32. The zero-order valence-corrected chi connectivity index (χ0v) is 12.3. The molecule has 1 aromatic rings. The van der Waals surface area contributed by atoms with Crippen LogP contribution in [-0.2, 0) is 16.7 Å². The maximum Gasteiger partial charge on any atom is 0.110 e. The molecule has 1 fully saturated rings. The summed E-state index contributed by atoms with van der Waals surface area (Å²) >= 11 is 7.47. The minimum absolute atomic E-state index is 0.370. The van der Waals surface area contributed by atoms with Crippen LogP contribution in [-0.4, -0.2) is 38.7 Å². The lowest BCUT2D eigenvalue weighted by Crippen LogP contribution is -2.40. The first-order valence-electron chi connectivity index (χ1n) is 5.84. The van der Waals surface area contributed by atoms with Gasteiger partial charge in [0.25, 0.3) is 0 Å². The number of alkyl halides is 1. The van der Waals surface area contributed by atoms with Crippen LogP contribution >= 0.6 is 22.9 Å². The van der Waals surface area contributed by atoms with Crippen molar-refractivity contribution in [2.75, 3.05) is 24.6 Å². The summed E-state index contributed by atoms with van der Waals surface area (Å²) in [6.45, 7) is 4.01. The van der Waals surface area contributed by atoms with E-state index in [0.717, 1.165) is 41.7 Å². The molecule has 0 radical (unpaired) electrons. The maximum atomic E-state index is 11.4. The molecule has 17 heavy (non-hydrogen) atoms. The van der Waals surface area contributed by atoms with Crippen LogP contribution in [0.2, 0.25) is 0 Å². The Morgan fingerprint density at radius 3 is 2.82 bits per heavy atom. The number of rotatable bonds is 4. The van der Waals surface area contributed by atoms with Gasteiger partial charge in [-0.1, -0.05) is 6.92 Å². The minimum atomic E-state index is -0.612. The number of nitrogens with zero attached hydrogens (tertiary/aromatic N) is 2. The number of thiazole rings is 1. The first-order chi connectivity index (χ1) is 8.24. The van der Waals surface area contributed by atoms with Crippen molar-refractivity contribution in [2.45, 2.75) is 25.3 Å². The Morgan fingerprint density at radius 1 is 1.59 bits per heavy atom. The molecule has 1 aliphatic heterocycles. The third-order valence-corrected chi connectivity index (χ3v) is 5.58. The van der Waals surface area contributed by atoms with Crippen molar-refractivity contribution < 1.29 is 4.21 Å². The number of hydrogen-bond donors (Lipinski definition) is 0. The molecule has 1 unspecified atom stereocenters. The SMILES string of the molecule is CCC(c1nc(CCl)cs1)N1CCS(=O)CC1. The van der Waals surface area contributed by atoms with Gasteiger partial charge in [0, 0.05) is 40.8 Å². The largest absolute Gasteiger partial charge is 0.292 e. The number of hydrogen-bond acceptors (Lipinski definition) is 4. The fourth-order valence-corrected chi connectivity index (χ4v) is 4.43. The molecule has 96 valence electrons. The van der Waals surface area contributed by atoms with Crippen molar-refractivity contribution >= 4 is 33.7 Å². The first kappa shape index (κ1) is 13.5. The van der Waals surface area contributed by atoms with Crippen molar-refractivity contribution in [1.82, 2.24) is 9.88 Å². The Morgan fingerprint density at radius 2 is 2.29 bits per heavy atom. The van der Waals surface area contributed by atoms with Crippen LogP contribution in [0.4, 0.5) is 0 Å². The maximum absolute atomic E-state index is 11.4. The van der Waals surface area contributed by atoms with E-state index in [1.54, 1.807) is 11.3 Å². The average Bonchev–Trinajstić information content (AvgIpc) is 2.81. The second-order valence-electron chi connectivity index (χ2n) is 4.12. The van der Waals surface area contributed by atoms with E-state index >= 15 is 0 Å². The summed E-state index contributed by atoms with van der Waals surface area (Å²) in [6.07, 6.45) is 1.04. The van der Waals surface area contributed by atoms with Gasteiger partial charge in [-0.25, -0.2) is 4.98 Å². The van der Waals surface area contributed by atoms with Gasteiger partial charge < -0.3 is 0 Å². The normalized spacial score (nSPS) is 20.6. The zero-order chi connectivity index (χ0) is 12.3. The lowest BCUT2D eigenvalue weighted by atomic mass is 10.2. The Hall–Kier alpha value is 0.0300. The second-order valence-corrected chi connectivity index (χ2v) is 6.97. The minimum Gasteiger partial charge on any atom is -0.292 e. The quantitative estimate of drug-likeness (QED) is 0.799. The Balaban J connectivity index is 2.07. The fraction of sp³-hybridized carbons (Fsp3) is 0.727. The molecule has 6 heteroatoms. The van der Waals surface area contributed by atoms with Crippen LogP contribution in [0.1, 0.15) is 30.1 Å². The fourth-order valence-electron chi connectivity index (χ4n) is 2.09. The summed E-state index contributed by atoms with van der Waals surface area (Å²) in [6, 6.07) is 0.370. The molecule has 3 nitrogen and oxygen atoms in total. The summed E-state index contributed by atoms with van der Waals surface area (Å²) < 4.78 is 11.4. The molecule has 1 aliphatic rings. The van der Waals surface area contributed by atoms with Gasteiger partial charge in [-0.2, -0.15) is 0 Å². The van der Waals surface area contributed by atoms with Crippen molar-refractivity contribution in [1.29, 1.82) is 0 Å². The van der Waals surface area contributed by atoms with Crippen LogP contribution in [0.25, 0.3) is 0 Å². The van der Waals surface area contributed by atoms with Crippen molar-refractivity contribution in [3.05, 3.63) is 16.1 Å². The molecule has 2 heterocycles. The van der Waals surface area contributed by atoms with Gasteiger partial charge in [-0.3, -0.25) is 9.11 Å². The third kappa shape index (κ3) is 3.28. The van der Waals surface area contributed by atoms with E-state index in [1.165, 1.54) is 0 Å². The van der Waals surface area contributed by atoms with Crippen molar-refractivity contribution in [3.8, 4) is 0 Å². The van der Waals surface area contributed by atoms with Gasteiger partial charge in [0.1, 0.15) is 5.01 Å². The van der Waals surface area contributed by atoms with Gasteiger partial charge in [0.2, 0.25) is 0 Å². The molecule has 0 N–H and O–H groups in total. The van der Waals surface area contributed by atoms with Gasteiger partial charge in [0.15, 0.2) is 0 Å². The Kier molecular flexibility index (Phi) is 4.97. The smallest absolute Gasteiger partial charge is 0.110 e. The molecule has 0 bridgehead atoms. The summed E-state index contributed by atoms with van der Waals surface area (Å²) in [5.74, 6) is 2.07. The van der Waals surface area contributed by atoms with E-state index < -0.39 is 10.8 Å². The molecule has 0 spiro atoms. The highest BCUT2D eigenvalue weighted by Gasteiger charge is 2.25. The van der Waals surface area contributed by atoms with E-state index in [4.69, 9.17) is 11.6 Å². The first-order valence-corrected chi connectivity index (χ1v) is 8.74. The summed E-state index contributed by atoms with van der Waals surface area (Å²) in [5.41, 5.74) is 0.964. The zero-order valence-electron chi connectivity index (χ0n) is 9.89. The van der Waals surface area contributed by atoms with Gasteiger partial charge in [0.05, 0.1) is 17.6 Å². The second kappa shape index (κ2) is 6.27. The molecular formula is C11H17ClN2OS2. The summed E-state index contributed by atoms with van der Waals surface area (Å²) in [5, 5.41) is 3.18. The van der Waals surface area contributed by atoms with E-state index in [1.807, 2.05) is 5.38 Å². The highest BCUT2D eigenvalue weighted by Crippen LogP contribution is 2.28. The van der Waals surface area contributed by atoms with Gasteiger partial charge >= 0.3 is 0 Å². The van der Waals surface area contributed by atoms with Crippen molar-refractivity contribution in [2.24, 2.45) is 0 Å². The van der Waals surface area contributed by atoms with Crippen LogP contribution < -0.4 is 0 Å². The van der Waals surface area contributed by atoms with Crippen LogP contribution in [0.15, 0.2) is 5.38 Å². The average molecular weight is 293 g/mol. The number of aromatic nitrogens is 1. The molecule has 1 atom stereocenters. The monoisotopic (exact) mass is 292 g/mol. The van der Waals surface area contributed by atoms with Crippen LogP contribution in [0, 0.1) is 0 Å². The van der Waals surface area contributed by atoms with E-state index in [-0.39, 0.29) is 0 Å². The molecule has 0 amide bonds. The topological polar surface area (TPSA) is 33.2 Å². The molecule has 0 aliphatic carbocycles. The molecule has 0 aromatic carbocycles. The Bertz CT molecular complexity index is 387. The molecule has 0 saturated carbocycles.